The van der Waals surface area contributed by atoms with Crippen molar-refractivity contribution in [2.45, 2.75) is 13.1 Å². The molecule has 0 unspecified atom stereocenters. The molecule has 8 heteroatoms. The minimum absolute atomic E-state index is 0.0263. The number of rotatable bonds is 1. The van der Waals surface area contributed by atoms with Crippen LogP contribution in [-0.4, -0.2) is 37.1 Å². The van der Waals surface area contributed by atoms with E-state index in [1.165, 1.54) is 0 Å². The first-order chi connectivity index (χ1) is 9.15. The third-order valence-corrected chi connectivity index (χ3v) is 3.04. The van der Waals surface area contributed by atoms with Crippen LogP contribution in [0.3, 0.4) is 0 Å². The molecule has 0 radical (unpaired) electrons. The number of fused-ring (bicyclic) bond motifs is 1. The van der Waals surface area contributed by atoms with Gasteiger partial charge in [0, 0.05) is 13.1 Å². The molecule has 98 valence electrons. The fraction of sp³-hybridized carbons (Fsp3) is 0.273. The van der Waals surface area contributed by atoms with Gasteiger partial charge in [0.15, 0.2) is 5.82 Å². The van der Waals surface area contributed by atoms with E-state index in [-0.39, 0.29) is 17.3 Å². The second-order valence-electron chi connectivity index (χ2n) is 4.25. The van der Waals surface area contributed by atoms with E-state index in [1.807, 2.05) is 4.57 Å². The van der Waals surface area contributed by atoms with Crippen molar-refractivity contribution in [2.75, 3.05) is 12.3 Å². The third kappa shape index (κ3) is 2.01. The lowest BCUT2D eigenvalue weighted by atomic mass is 10.2. The molecule has 0 bridgehead atoms. The minimum Gasteiger partial charge on any atom is -0.383 e. The highest BCUT2D eigenvalue weighted by molar-refractivity contribution is 5.98. The summed E-state index contributed by atoms with van der Waals surface area (Å²) >= 11 is 0. The molecule has 0 aromatic carbocycles. The summed E-state index contributed by atoms with van der Waals surface area (Å²) < 4.78 is 15.0. The van der Waals surface area contributed by atoms with Crippen LogP contribution in [0.4, 0.5) is 10.2 Å². The van der Waals surface area contributed by atoms with Crippen LogP contribution in [0.2, 0.25) is 0 Å². The molecule has 1 amide bonds. The number of carbonyl (C=O) groups excluding carboxylic acids is 1. The summed E-state index contributed by atoms with van der Waals surface area (Å²) in [5.41, 5.74) is 5.69. The largest absolute Gasteiger partial charge is 0.383 e. The Hall–Kier alpha value is -2.51. The molecule has 0 fully saturated rings. The number of carbonyl (C=O) groups is 1. The zero-order chi connectivity index (χ0) is 13.4. The monoisotopic (exact) mass is 262 g/mol. The lowest BCUT2D eigenvalue weighted by molar-refractivity contribution is 0.0707. The van der Waals surface area contributed by atoms with Gasteiger partial charge in [-0.15, -0.1) is 10.2 Å². The van der Waals surface area contributed by atoms with Crippen LogP contribution < -0.4 is 5.73 Å². The van der Waals surface area contributed by atoms with E-state index in [1.54, 1.807) is 11.2 Å². The summed E-state index contributed by atoms with van der Waals surface area (Å²) in [4.78, 5) is 17.5. The molecule has 2 aromatic rings. The normalized spacial score (nSPS) is 14.3. The summed E-state index contributed by atoms with van der Waals surface area (Å²) in [6, 6.07) is 1.10. The van der Waals surface area contributed by atoms with Gasteiger partial charge in [0.05, 0.1) is 18.3 Å². The smallest absolute Gasteiger partial charge is 0.258 e. The highest BCUT2D eigenvalue weighted by Crippen LogP contribution is 2.17. The molecular weight excluding hydrogens is 251 g/mol. The van der Waals surface area contributed by atoms with Gasteiger partial charge in [0.2, 0.25) is 0 Å². The highest BCUT2D eigenvalue weighted by Gasteiger charge is 2.24. The molecule has 0 saturated heterocycles. The van der Waals surface area contributed by atoms with Crippen molar-refractivity contribution in [2.24, 2.45) is 0 Å². The van der Waals surface area contributed by atoms with Crippen LogP contribution in [0, 0.1) is 5.82 Å². The summed E-state index contributed by atoms with van der Waals surface area (Å²) in [6.45, 7) is 1.44. The van der Waals surface area contributed by atoms with Gasteiger partial charge in [-0.1, -0.05) is 0 Å². The van der Waals surface area contributed by atoms with Gasteiger partial charge in [0.25, 0.3) is 5.91 Å². The first-order valence-corrected chi connectivity index (χ1v) is 5.72. The molecule has 2 aromatic heterocycles. The Kier molecular flexibility index (Phi) is 2.62. The summed E-state index contributed by atoms with van der Waals surface area (Å²) in [5.74, 6) is -0.211. The van der Waals surface area contributed by atoms with Gasteiger partial charge in [0.1, 0.15) is 18.0 Å². The van der Waals surface area contributed by atoms with Crippen LogP contribution in [-0.2, 0) is 13.1 Å². The van der Waals surface area contributed by atoms with E-state index >= 15 is 0 Å². The van der Waals surface area contributed by atoms with Crippen molar-refractivity contribution in [1.82, 2.24) is 24.6 Å². The second kappa shape index (κ2) is 4.30. The number of nitrogens with zero attached hydrogens (tertiary/aromatic N) is 5. The van der Waals surface area contributed by atoms with Crippen LogP contribution in [0.5, 0.6) is 0 Å². The van der Waals surface area contributed by atoms with Crippen molar-refractivity contribution in [1.29, 1.82) is 0 Å². The molecule has 3 rings (SSSR count). The molecule has 2 N–H and O–H groups in total. The quantitative estimate of drug-likeness (QED) is 0.784. The highest BCUT2D eigenvalue weighted by atomic mass is 19.1. The Bertz CT molecular complexity index is 640. The average molecular weight is 262 g/mol. The molecule has 3 heterocycles. The zero-order valence-electron chi connectivity index (χ0n) is 9.95. The minimum atomic E-state index is -0.585. The Labute approximate surface area is 107 Å². The fourth-order valence-corrected chi connectivity index (χ4v) is 2.03. The Morgan fingerprint density at radius 2 is 2.26 bits per heavy atom. The Balaban J connectivity index is 1.87. The maximum atomic E-state index is 13.1. The Morgan fingerprint density at radius 1 is 1.42 bits per heavy atom. The molecule has 7 nitrogen and oxygen atoms in total. The molecule has 1 aliphatic heterocycles. The standard InChI is InChI=1S/C11H11FN6O/c12-7-3-8(10(13)14-4-7)11(19)17-1-2-18-6-15-16-9(18)5-17/h3-4,6H,1-2,5H2,(H2,13,14). The van der Waals surface area contributed by atoms with E-state index in [2.05, 4.69) is 15.2 Å². The average Bonchev–Trinajstić information content (AvgIpc) is 2.88. The summed E-state index contributed by atoms with van der Waals surface area (Å²) in [5, 5.41) is 7.70. The molecule has 0 spiro atoms. The molecule has 0 atom stereocenters. The van der Waals surface area contributed by atoms with Crippen molar-refractivity contribution >= 4 is 11.7 Å². The molecular formula is C11H11FN6O. The van der Waals surface area contributed by atoms with Crippen LogP contribution >= 0.6 is 0 Å². The maximum absolute atomic E-state index is 13.1. The summed E-state index contributed by atoms with van der Waals surface area (Å²) in [7, 11) is 0. The van der Waals surface area contributed by atoms with E-state index in [4.69, 9.17) is 5.73 Å². The maximum Gasteiger partial charge on any atom is 0.258 e. The van der Waals surface area contributed by atoms with Gasteiger partial charge < -0.3 is 15.2 Å². The molecule has 0 saturated carbocycles. The predicted octanol–water partition coefficient (Wildman–Crippen LogP) is 0.0504. The molecule has 19 heavy (non-hydrogen) atoms. The number of hydrogen-bond donors (Lipinski definition) is 1. The van der Waals surface area contributed by atoms with E-state index in [0.29, 0.717) is 25.5 Å². The number of aromatic nitrogens is 4. The topological polar surface area (TPSA) is 89.9 Å². The lowest BCUT2D eigenvalue weighted by Crippen LogP contribution is -2.38. The first-order valence-electron chi connectivity index (χ1n) is 5.72. The SMILES string of the molecule is Nc1ncc(F)cc1C(=O)N1CCn2cnnc2C1. The van der Waals surface area contributed by atoms with Crippen molar-refractivity contribution < 1.29 is 9.18 Å². The van der Waals surface area contributed by atoms with Crippen molar-refractivity contribution in [3.05, 3.63) is 35.8 Å². The predicted molar refractivity (Wildman–Crippen MR) is 63.4 cm³/mol. The van der Waals surface area contributed by atoms with Crippen molar-refractivity contribution in [3.63, 3.8) is 0 Å². The number of hydrogen-bond acceptors (Lipinski definition) is 5. The Morgan fingerprint density at radius 3 is 3.11 bits per heavy atom. The second-order valence-corrected chi connectivity index (χ2v) is 4.25. The van der Waals surface area contributed by atoms with Gasteiger partial charge in [-0.2, -0.15) is 0 Å². The number of nitrogen functional groups attached to an aromatic ring is 1. The lowest BCUT2D eigenvalue weighted by Gasteiger charge is -2.27. The first kappa shape index (κ1) is 11.6. The van der Waals surface area contributed by atoms with Gasteiger partial charge in [-0.3, -0.25) is 4.79 Å². The fourth-order valence-electron chi connectivity index (χ4n) is 2.03. The van der Waals surface area contributed by atoms with Crippen LogP contribution in [0.15, 0.2) is 18.6 Å². The zero-order valence-corrected chi connectivity index (χ0v) is 9.95. The van der Waals surface area contributed by atoms with Crippen LogP contribution in [0.25, 0.3) is 0 Å². The third-order valence-electron chi connectivity index (χ3n) is 3.04. The number of amides is 1. The number of nitrogens with two attached hydrogens (primary N) is 1. The molecule has 1 aliphatic rings. The van der Waals surface area contributed by atoms with Crippen molar-refractivity contribution in [3.8, 4) is 0 Å². The summed E-state index contributed by atoms with van der Waals surface area (Å²) in [6.07, 6.45) is 2.61. The van der Waals surface area contributed by atoms with E-state index in [0.717, 1.165) is 12.3 Å². The van der Waals surface area contributed by atoms with Gasteiger partial charge in [-0.25, -0.2) is 9.37 Å². The number of pyridine rings is 1. The molecule has 0 aliphatic carbocycles. The van der Waals surface area contributed by atoms with E-state index in [9.17, 15) is 9.18 Å². The van der Waals surface area contributed by atoms with Gasteiger partial charge >= 0.3 is 0 Å². The number of anilines is 1. The van der Waals surface area contributed by atoms with Gasteiger partial charge in [-0.05, 0) is 6.07 Å². The van der Waals surface area contributed by atoms with E-state index < -0.39 is 5.82 Å². The van der Waals surface area contributed by atoms with Crippen LogP contribution in [0.1, 0.15) is 16.2 Å². The number of halogens is 1.